The van der Waals surface area contributed by atoms with E-state index in [9.17, 15) is 9.90 Å². The van der Waals surface area contributed by atoms with Crippen LogP contribution < -0.4 is 10.1 Å². The van der Waals surface area contributed by atoms with Crippen LogP contribution in [0.4, 0.5) is 11.4 Å². The average molecular weight is 350 g/mol. The summed E-state index contributed by atoms with van der Waals surface area (Å²) >= 11 is 0. The quantitative estimate of drug-likeness (QED) is 0.484. The highest BCUT2D eigenvalue weighted by Gasteiger charge is 2.16. The number of phenols is 1. The molecule has 1 heterocycles. The Bertz CT molecular complexity index is 967. The molecule has 5 nitrogen and oxygen atoms in total. The third-order valence-electron chi connectivity index (χ3n) is 4.32. The van der Waals surface area contributed by atoms with Gasteiger partial charge < -0.3 is 15.2 Å². The van der Waals surface area contributed by atoms with Crippen molar-refractivity contribution in [2.75, 3.05) is 12.4 Å². The summed E-state index contributed by atoms with van der Waals surface area (Å²) in [5.41, 5.74) is 3.74. The Kier molecular flexibility index (Phi) is 5.07. The number of carbonyl (C=O) groups is 1. The van der Waals surface area contributed by atoms with Gasteiger partial charge in [-0.25, -0.2) is 0 Å². The van der Waals surface area contributed by atoms with E-state index in [1.54, 1.807) is 31.5 Å². The van der Waals surface area contributed by atoms with E-state index in [-0.39, 0.29) is 11.5 Å². The van der Waals surface area contributed by atoms with Gasteiger partial charge in [0.15, 0.2) is 5.78 Å². The van der Waals surface area contributed by atoms with Crippen molar-refractivity contribution in [1.29, 1.82) is 0 Å². The van der Waals surface area contributed by atoms with Gasteiger partial charge in [-0.15, -0.1) is 0 Å². The Morgan fingerprint density at radius 3 is 2.73 bits per heavy atom. The topological polar surface area (TPSA) is 71.5 Å². The molecule has 0 amide bonds. The van der Waals surface area contributed by atoms with E-state index in [0.717, 1.165) is 28.6 Å². The van der Waals surface area contributed by atoms with Crippen molar-refractivity contribution in [2.24, 2.45) is 0 Å². The van der Waals surface area contributed by atoms with Gasteiger partial charge in [0.05, 0.1) is 23.9 Å². The van der Waals surface area contributed by atoms with Crippen LogP contribution in [0, 0.1) is 6.92 Å². The summed E-state index contributed by atoms with van der Waals surface area (Å²) in [6, 6.07) is 10.7. The molecular formula is C21H22N2O3. The molecule has 0 spiro atoms. The van der Waals surface area contributed by atoms with Crippen LogP contribution in [0.5, 0.6) is 11.5 Å². The van der Waals surface area contributed by atoms with Gasteiger partial charge >= 0.3 is 0 Å². The summed E-state index contributed by atoms with van der Waals surface area (Å²) in [5, 5.41) is 13.8. The predicted molar refractivity (Wildman–Crippen MR) is 104 cm³/mol. The van der Waals surface area contributed by atoms with Crippen molar-refractivity contribution in [3.05, 3.63) is 53.7 Å². The Morgan fingerprint density at radius 2 is 2.04 bits per heavy atom. The number of hydrogen-bond donors (Lipinski definition) is 2. The first-order chi connectivity index (χ1) is 12.5. The molecular weight excluding hydrogens is 328 g/mol. The summed E-state index contributed by atoms with van der Waals surface area (Å²) < 4.78 is 5.34. The highest BCUT2D eigenvalue weighted by Crippen LogP contribution is 2.34. The number of aromatic hydroxyl groups is 1. The molecule has 3 rings (SSSR count). The number of nitrogens with one attached hydrogen (secondary N) is 1. The number of anilines is 2. The molecule has 2 aromatic carbocycles. The summed E-state index contributed by atoms with van der Waals surface area (Å²) in [7, 11) is 1.61. The van der Waals surface area contributed by atoms with Crippen LogP contribution in [0.2, 0.25) is 0 Å². The summed E-state index contributed by atoms with van der Waals surface area (Å²) in [4.78, 5) is 17.1. The van der Waals surface area contributed by atoms with Crippen molar-refractivity contribution >= 4 is 28.1 Å². The molecule has 0 atom stereocenters. The van der Waals surface area contributed by atoms with Gasteiger partial charge in [-0.1, -0.05) is 6.92 Å². The molecule has 3 aromatic rings. The summed E-state index contributed by atoms with van der Waals surface area (Å²) in [5.74, 6) is 0.949. The van der Waals surface area contributed by atoms with E-state index in [1.165, 1.54) is 0 Å². The fourth-order valence-electron chi connectivity index (χ4n) is 2.93. The molecule has 0 aliphatic heterocycles. The largest absolute Gasteiger partial charge is 0.508 e. The maximum atomic E-state index is 12.6. The number of methoxy groups -OCH3 is 1. The van der Waals surface area contributed by atoms with Crippen molar-refractivity contribution in [3.63, 3.8) is 0 Å². The van der Waals surface area contributed by atoms with E-state index < -0.39 is 0 Å². The first-order valence-electron chi connectivity index (χ1n) is 8.60. The number of aryl methyl sites for hydroxylation is 1. The van der Waals surface area contributed by atoms with Crippen molar-refractivity contribution in [1.82, 2.24) is 4.98 Å². The number of carbonyl (C=O) groups excluding carboxylic acids is 1. The number of Topliss-reactive ketones (excluding diaryl/α,β-unsaturated/α-hetero) is 1. The minimum atomic E-state index is 0.0450. The molecule has 0 bridgehead atoms. The van der Waals surface area contributed by atoms with Crippen LogP contribution in [-0.4, -0.2) is 23.0 Å². The molecule has 1 aromatic heterocycles. The highest BCUT2D eigenvalue weighted by atomic mass is 16.5. The number of nitrogens with zero attached hydrogens (tertiary/aromatic N) is 1. The van der Waals surface area contributed by atoms with Crippen LogP contribution in [0.3, 0.4) is 0 Å². The number of benzene rings is 2. The van der Waals surface area contributed by atoms with E-state index in [0.29, 0.717) is 23.4 Å². The maximum Gasteiger partial charge on any atom is 0.166 e. The standard InChI is InChI=1S/C21H22N2O3/c1-4-5-20(25)17-12-22-19-9-7-15(26-3)11-16(19)21(17)23-18-8-6-14(24)10-13(18)2/h6-12,24H,4-5H2,1-3H3,(H,22,23). The molecule has 134 valence electrons. The van der Waals surface area contributed by atoms with Crippen LogP contribution >= 0.6 is 0 Å². The number of rotatable bonds is 6. The van der Waals surface area contributed by atoms with Crippen LogP contribution in [0.15, 0.2) is 42.6 Å². The van der Waals surface area contributed by atoms with Gasteiger partial charge in [0.2, 0.25) is 0 Å². The number of aromatic nitrogens is 1. The molecule has 5 heteroatoms. The first kappa shape index (κ1) is 17.7. The van der Waals surface area contributed by atoms with Gasteiger partial charge in [-0.2, -0.15) is 0 Å². The molecule has 26 heavy (non-hydrogen) atoms. The molecule has 0 saturated carbocycles. The zero-order valence-corrected chi connectivity index (χ0v) is 15.2. The van der Waals surface area contributed by atoms with E-state index >= 15 is 0 Å². The Balaban J connectivity index is 2.20. The second kappa shape index (κ2) is 7.44. The third-order valence-corrected chi connectivity index (χ3v) is 4.32. The Hall–Kier alpha value is -3.08. The molecule has 0 unspecified atom stereocenters. The molecule has 0 fully saturated rings. The van der Waals surface area contributed by atoms with E-state index in [2.05, 4.69) is 10.3 Å². The third kappa shape index (κ3) is 3.47. The van der Waals surface area contributed by atoms with Gasteiger partial charge in [-0.05, 0) is 55.3 Å². The number of phenolic OH excluding ortho intramolecular Hbond substituents is 1. The normalized spacial score (nSPS) is 10.7. The highest BCUT2D eigenvalue weighted by molar-refractivity contribution is 6.09. The number of fused-ring (bicyclic) bond motifs is 1. The monoisotopic (exact) mass is 350 g/mol. The summed E-state index contributed by atoms with van der Waals surface area (Å²) in [6.45, 7) is 3.88. The second-order valence-corrected chi connectivity index (χ2v) is 6.23. The van der Waals surface area contributed by atoms with Crippen LogP contribution in [-0.2, 0) is 0 Å². The van der Waals surface area contributed by atoms with E-state index in [1.807, 2.05) is 32.0 Å². The Morgan fingerprint density at radius 1 is 1.23 bits per heavy atom. The fraction of sp³-hybridized carbons (Fsp3) is 0.238. The zero-order valence-electron chi connectivity index (χ0n) is 15.2. The number of hydrogen-bond acceptors (Lipinski definition) is 5. The number of pyridine rings is 1. The summed E-state index contributed by atoms with van der Waals surface area (Å²) in [6.07, 6.45) is 2.86. The van der Waals surface area contributed by atoms with Gasteiger partial charge in [0.25, 0.3) is 0 Å². The second-order valence-electron chi connectivity index (χ2n) is 6.23. The minimum absolute atomic E-state index is 0.0450. The molecule has 0 radical (unpaired) electrons. The van der Waals surface area contributed by atoms with Crippen molar-refractivity contribution in [2.45, 2.75) is 26.7 Å². The molecule has 2 N–H and O–H groups in total. The number of ether oxygens (including phenoxy) is 1. The fourth-order valence-corrected chi connectivity index (χ4v) is 2.93. The van der Waals surface area contributed by atoms with Crippen LogP contribution in [0.25, 0.3) is 10.9 Å². The SMILES string of the molecule is CCCC(=O)c1cnc2ccc(OC)cc2c1Nc1ccc(O)cc1C. The maximum absolute atomic E-state index is 12.6. The first-order valence-corrected chi connectivity index (χ1v) is 8.60. The lowest BCUT2D eigenvalue weighted by molar-refractivity contribution is 0.0982. The minimum Gasteiger partial charge on any atom is -0.508 e. The van der Waals surface area contributed by atoms with E-state index in [4.69, 9.17) is 4.74 Å². The van der Waals surface area contributed by atoms with Gasteiger partial charge in [0.1, 0.15) is 11.5 Å². The number of ketones is 1. The van der Waals surface area contributed by atoms with Gasteiger partial charge in [0, 0.05) is 23.7 Å². The average Bonchev–Trinajstić information content (AvgIpc) is 2.63. The van der Waals surface area contributed by atoms with Gasteiger partial charge in [-0.3, -0.25) is 9.78 Å². The predicted octanol–water partition coefficient (Wildman–Crippen LogP) is 4.98. The molecule has 0 aliphatic carbocycles. The molecule has 0 saturated heterocycles. The Labute approximate surface area is 152 Å². The van der Waals surface area contributed by atoms with Crippen molar-refractivity contribution < 1.29 is 14.6 Å². The lowest BCUT2D eigenvalue weighted by Crippen LogP contribution is -2.06. The van der Waals surface area contributed by atoms with Crippen molar-refractivity contribution in [3.8, 4) is 11.5 Å². The lowest BCUT2D eigenvalue weighted by Gasteiger charge is -2.16. The zero-order chi connectivity index (χ0) is 18.7. The molecule has 0 aliphatic rings. The smallest absolute Gasteiger partial charge is 0.166 e. The van der Waals surface area contributed by atoms with Crippen LogP contribution in [0.1, 0.15) is 35.7 Å². The lowest BCUT2D eigenvalue weighted by atomic mass is 10.0.